The van der Waals surface area contributed by atoms with Crippen LogP contribution in [-0.4, -0.2) is 78.8 Å². The molecule has 4 N–H and O–H groups in total. The Bertz CT molecular complexity index is 355. The Labute approximate surface area is 98.5 Å². The molecule has 1 saturated carbocycles. The van der Waals surface area contributed by atoms with Gasteiger partial charge in [-0.2, -0.15) is 8.42 Å². The summed E-state index contributed by atoms with van der Waals surface area (Å²) < 4.78 is 31.3. The van der Waals surface area contributed by atoms with Crippen molar-refractivity contribution in [3.63, 3.8) is 0 Å². The fraction of sp³-hybridized carbons (Fsp3) is 1.00. The van der Waals surface area contributed by atoms with E-state index in [0.29, 0.717) is 0 Å². The van der Waals surface area contributed by atoms with Crippen molar-refractivity contribution in [2.75, 3.05) is 13.4 Å². The van der Waals surface area contributed by atoms with E-state index in [0.717, 1.165) is 13.4 Å². The second-order valence-electron chi connectivity index (χ2n) is 3.93. The topological polar surface area (TPSA) is 134 Å². The Morgan fingerprint density at radius 1 is 0.882 bits per heavy atom. The van der Waals surface area contributed by atoms with Gasteiger partial charge in [-0.3, -0.25) is 4.18 Å². The van der Waals surface area contributed by atoms with Crippen LogP contribution in [-0.2, 0) is 19.0 Å². The molecule has 0 aliphatic heterocycles. The largest absolute Gasteiger partial charge is 0.387 e. The van der Waals surface area contributed by atoms with Crippen LogP contribution in [0.2, 0.25) is 0 Å². The van der Waals surface area contributed by atoms with Gasteiger partial charge in [0.25, 0.3) is 10.1 Å². The molecule has 0 radical (unpaired) electrons. The summed E-state index contributed by atoms with van der Waals surface area (Å²) in [5.74, 6) is 0. The van der Waals surface area contributed by atoms with Crippen LogP contribution in [0.3, 0.4) is 0 Å². The number of hydrogen-bond donors (Lipinski definition) is 4. The molecule has 6 unspecified atom stereocenters. The first-order valence-electron chi connectivity index (χ1n) is 4.82. The predicted molar refractivity (Wildman–Crippen MR) is 54.5 cm³/mol. The van der Waals surface area contributed by atoms with E-state index in [9.17, 15) is 28.8 Å². The maximum Gasteiger partial charge on any atom is 0.264 e. The lowest BCUT2D eigenvalue weighted by atomic mass is 9.85. The number of rotatable bonds is 3. The first-order chi connectivity index (χ1) is 7.69. The molecule has 6 atom stereocenters. The molecule has 17 heavy (non-hydrogen) atoms. The Balaban J connectivity index is 2.98. The first-order valence-corrected chi connectivity index (χ1v) is 6.64. The Morgan fingerprint density at radius 3 is 1.65 bits per heavy atom. The molecule has 0 aromatic heterocycles. The number of methoxy groups -OCH3 is 1. The van der Waals surface area contributed by atoms with Gasteiger partial charge in [0.05, 0.1) is 6.26 Å². The van der Waals surface area contributed by atoms with Crippen molar-refractivity contribution in [2.45, 2.75) is 36.6 Å². The summed E-state index contributed by atoms with van der Waals surface area (Å²) in [4.78, 5) is 0. The van der Waals surface area contributed by atoms with Gasteiger partial charge in [0.15, 0.2) is 0 Å². The van der Waals surface area contributed by atoms with Crippen LogP contribution < -0.4 is 0 Å². The van der Waals surface area contributed by atoms with Crippen LogP contribution in [0.5, 0.6) is 0 Å². The molecule has 1 aliphatic rings. The summed E-state index contributed by atoms with van der Waals surface area (Å²) >= 11 is 0. The lowest BCUT2D eigenvalue weighted by molar-refractivity contribution is -0.222. The third-order valence-electron chi connectivity index (χ3n) is 2.60. The van der Waals surface area contributed by atoms with Gasteiger partial charge in [-0.25, -0.2) is 0 Å². The fourth-order valence-corrected chi connectivity index (χ4v) is 2.40. The highest BCUT2D eigenvalue weighted by Crippen LogP contribution is 2.26. The van der Waals surface area contributed by atoms with Crippen molar-refractivity contribution < 1.29 is 37.8 Å². The molecular formula is C8H16O8S. The van der Waals surface area contributed by atoms with Crippen molar-refractivity contribution in [1.82, 2.24) is 0 Å². The van der Waals surface area contributed by atoms with E-state index in [1.54, 1.807) is 0 Å². The standard InChI is InChI=1S/C8H16O8S/c1-15-7-5(11)3(9)4(10)6(12)8(7)16-17(2,13)14/h3-12H,1-2H3. The summed E-state index contributed by atoms with van der Waals surface area (Å²) in [5, 5.41) is 38.0. The molecule has 0 saturated heterocycles. The molecule has 1 rings (SSSR count). The Kier molecular flexibility index (Phi) is 4.47. The maximum absolute atomic E-state index is 11.0. The van der Waals surface area contributed by atoms with Crippen molar-refractivity contribution in [3.05, 3.63) is 0 Å². The molecule has 102 valence electrons. The highest BCUT2D eigenvalue weighted by Gasteiger charge is 2.51. The van der Waals surface area contributed by atoms with E-state index in [-0.39, 0.29) is 0 Å². The molecule has 1 aliphatic carbocycles. The van der Waals surface area contributed by atoms with Crippen LogP contribution in [0.15, 0.2) is 0 Å². The van der Waals surface area contributed by atoms with Crippen molar-refractivity contribution in [2.24, 2.45) is 0 Å². The molecule has 0 aromatic carbocycles. The number of hydrogen-bond acceptors (Lipinski definition) is 8. The third kappa shape index (κ3) is 3.13. The summed E-state index contributed by atoms with van der Waals surface area (Å²) in [6, 6.07) is 0. The normalized spacial score (nSPS) is 43.6. The number of aliphatic hydroxyl groups excluding tert-OH is 4. The van der Waals surface area contributed by atoms with Crippen LogP contribution in [0.25, 0.3) is 0 Å². The molecule has 0 bridgehead atoms. The summed E-state index contributed by atoms with van der Waals surface area (Å²) in [7, 11) is -2.75. The zero-order valence-electron chi connectivity index (χ0n) is 9.29. The molecule has 0 heterocycles. The lowest BCUT2D eigenvalue weighted by Crippen LogP contribution is -2.65. The number of aliphatic hydroxyl groups is 4. The average Bonchev–Trinajstić information content (AvgIpc) is 2.22. The monoisotopic (exact) mass is 272 g/mol. The van der Waals surface area contributed by atoms with Crippen molar-refractivity contribution >= 4 is 10.1 Å². The van der Waals surface area contributed by atoms with Crippen molar-refractivity contribution in [1.29, 1.82) is 0 Å². The van der Waals surface area contributed by atoms with Gasteiger partial charge in [0.2, 0.25) is 0 Å². The smallest absolute Gasteiger partial charge is 0.264 e. The molecule has 0 spiro atoms. The SMILES string of the molecule is COC1C(O)C(O)C(O)C(O)C1OS(C)(=O)=O. The summed E-state index contributed by atoms with van der Waals surface area (Å²) in [5.41, 5.74) is 0. The highest BCUT2D eigenvalue weighted by molar-refractivity contribution is 7.86. The van der Waals surface area contributed by atoms with Crippen LogP contribution in [0.1, 0.15) is 0 Å². The average molecular weight is 272 g/mol. The van der Waals surface area contributed by atoms with E-state index in [1.807, 2.05) is 0 Å². The van der Waals surface area contributed by atoms with E-state index < -0.39 is 46.7 Å². The van der Waals surface area contributed by atoms with Crippen LogP contribution in [0.4, 0.5) is 0 Å². The maximum atomic E-state index is 11.0. The van der Waals surface area contributed by atoms with Gasteiger partial charge < -0.3 is 25.2 Å². The summed E-state index contributed by atoms with van der Waals surface area (Å²) in [6.07, 6.45) is -8.60. The predicted octanol–water partition coefficient (Wildman–Crippen LogP) is -3.20. The minimum atomic E-state index is -3.91. The zero-order valence-corrected chi connectivity index (χ0v) is 10.1. The second-order valence-corrected chi connectivity index (χ2v) is 5.53. The van der Waals surface area contributed by atoms with E-state index in [2.05, 4.69) is 4.18 Å². The molecule has 0 amide bonds. The third-order valence-corrected chi connectivity index (χ3v) is 3.18. The van der Waals surface area contributed by atoms with Crippen molar-refractivity contribution in [3.8, 4) is 0 Å². The minimum Gasteiger partial charge on any atom is -0.387 e. The van der Waals surface area contributed by atoms with E-state index in [1.165, 1.54) is 0 Å². The summed E-state index contributed by atoms with van der Waals surface area (Å²) in [6.45, 7) is 0. The van der Waals surface area contributed by atoms with Crippen LogP contribution in [0, 0.1) is 0 Å². The van der Waals surface area contributed by atoms with Crippen LogP contribution >= 0.6 is 0 Å². The Hall–Kier alpha value is -0.290. The quantitative estimate of drug-likeness (QED) is 0.395. The Morgan fingerprint density at radius 2 is 1.29 bits per heavy atom. The van der Waals surface area contributed by atoms with E-state index >= 15 is 0 Å². The second kappa shape index (κ2) is 5.14. The van der Waals surface area contributed by atoms with Gasteiger partial charge in [0, 0.05) is 7.11 Å². The van der Waals surface area contributed by atoms with Gasteiger partial charge in [-0.15, -0.1) is 0 Å². The zero-order chi connectivity index (χ0) is 13.4. The fourth-order valence-electron chi connectivity index (χ4n) is 1.77. The van der Waals surface area contributed by atoms with Gasteiger partial charge in [-0.1, -0.05) is 0 Å². The minimum absolute atomic E-state index is 0.760. The molecule has 0 aromatic rings. The molecule has 8 nitrogen and oxygen atoms in total. The molecular weight excluding hydrogens is 256 g/mol. The van der Waals surface area contributed by atoms with Gasteiger partial charge in [0.1, 0.15) is 36.6 Å². The molecule has 9 heteroatoms. The number of ether oxygens (including phenoxy) is 1. The lowest BCUT2D eigenvalue weighted by Gasteiger charge is -2.42. The highest BCUT2D eigenvalue weighted by atomic mass is 32.2. The van der Waals surface area contributed by atoms with Gasteiger partial charge >= 0.3 is 0 Å². The molecule has 1 fully saturated rings. The van der Waals surface area contributed by atoms with Gasteiger partial charge in [-0.05, 0) is 0 Å². The first kappa shape index (κ1) is 14.8. The van der Waals surface area contributed by atoms with E-state index in [4.69, 9.17) is 4.74 Å².